The standard InChI is InChI=1S/C13H12ClN3/c1-16-9-15-7-12(16)8-17-5-4-10-6-11(14)2-3-13(10)17/h2-7,9H,8H2,1H3. The summed E-state index contributed by atoms with van der Waals surface area (Å²) in [7, 11) is 2.00. The largest absolute Gasteiger partial charge is 0.341 e. The summed E-state index contributed by atoms with van der Waals surface area (Å²) in [5, 5.41) is 1.94. The number of halogens is 1. The molecule has 86 valence electrons. The Morgan fingerprint density at radius 3 is 2.94 bits per heavy atom. The molecule has 0 radical (unpaired) electrons. The Labute approximate surface area is 104 Å². The third kappa shape index (κ3) is 1.83. The molecule has 2 heterocycles. The number of imidazole rings is 1. The van der Waals surface area contributed by atoms with E-state index in [1.807, 2.05) is 42.3 Å². The minimum atomic E-state index is 0.774. The van der Waals surface area contributed by atoms with Crippen molar-refractivity contribution < 1.29 is 0 Å². The maximum absolute atomic E-state index is 5.97. The van der Waals surface area contributed by atoms with E-state index in [-0.39, 0.29) is 0 Å². The van der Waals surface area contributed by atoms with Crippen LogP contribution in [0.25, 0.3) is 10.9 Å². The summed E-state index contributed by atoms with van der Waals surface area (Å²) in [6.45, 7) is 0.821. The number of benzene rings is 1. The zero-order chi connectivity index (χ0) is 11.8. The third-order valence-corrected chi connectivity index (χ3v) is 3.22. The number of hydrogen-bond acceptors (Lipinski definition) is 1. The fourth-order valence-corrected chi connectivity index (χ4v) is 2.20. The van der Waals surface area contributed by atoms with Gasteiger partial charge in [-0.05, 0) is 24.3 Å². The summed E-state index contributed by atoms with van der Waals surface area (Å²) in [5.41, 5.74) is 2.37. The van der Waals surface area contributed by atoms with E-state index in [9.17, 15) is 0 Å². The van der Waals surface area contributed by atoms with E-state index in [2.05, 4.69) is 21.8 Å². The lowest BCUT2D eigenvalue weighted by atomic mass is 10.2. The van der Waals surface area contributed by atoms with E-state index in [4.69, 9.17) is 11.6 Å². The van der Waals surface area contributed by atoms with Crippen molar-refractivity contribution in [3.05, 3.63) is 53.7 Å². The van der Waals surface area contributed by atoms with Gasteiger partial charge in [0, 0.05) is 35.4 Å². The molecule has 0 aliphatic rings. The van der Waals surface area contributed by atoms with Gasteiger partial charge in [0.25, 0.3) is 0 Å². The molecule has 3 rings (SSSR count). The second kappa shape index (κ2) is 3.93. The average molecular weight is 246 g/mol. The number of nitrogens with zero attached hydrogens (tertiary/aromatic N) is 3. The van der Waals surface area contributed by atoms with Crippen molar-refractivity contribution in [2.45, 2.75) is 6.54 Å². The Kier molecular flexibility index (Phi) is 2.41. The fraction of sp³-hybridized carbons (Fsp3) is 0.154. The monoisotopic (exact) mass is 245 g/mol. The normalized spacial score (nSPS) is 11.2. The predicted molar refractivity (Wildman–Crippen MR) is 69.3 cm³/mol. The highest BCUT2D eigenvalue weighted by atomic mass is 35.5. The summed E-state index contributed by atoms with van der Waals surface area (Å²) in [6, 6.07) is 8.03. The molecule has 0 bridgehead atoms. The van der Waals surface area contributed by atoms with Gasteiger partial charge in [-0.2, -0.15) is 0 Å². The first-order chi connectivity index (χ1) is 8.24. The summed E-state index contributed by atoms with van der Waals surface area (Å²) < 4.78 is 4.23. The van der Waals surface area contributed by atoms with E-state index < -0.39 is 0 Å². The summed E-state index contributed by atoms with van der Waals surface area (Å²) in [6.07, 6.45) is 5.79. The highest BCUT2D eigenvalue weighted by molar-refractivity contribution is 6.31. The smallest absolute Gasteiger partial charge is 0.0946 e. The molecule has 0 atom stereocenters. The maximum atomic E-state index is 5.97. The Morgan fingerprint density at radius 1 is 1.29 bits per heavy atom. The third-order valence-electron chi connectivity index (χ3n) is 2.98. The first-order valence-corrected chi connectivity index (χ1v) is 5.81. The SMILES string of the molecule is Cn1cncc1Cn1ccc2cc(Cl)ccc21. The molecule has 0 saturated heterocycles. The van der Waals surface area contributed by atoms with Gasteiger partial charge in [-0.25, -0.2) is 4.98 Å². The number of aromatic nitrogens is 3. The number of hydrogen-bond donors (Lipinski definition) is 0. The van der Waals surface area contributed by atoms with Gasteiger partial charge in [-0.1, -0.05) is 11.6 Å². The molecule has 1 aromatic carbocycles. The number of aryl methyl sites for hydroxylation is 1. The number of rotatable bonds is 2. The zero-order valence-electron chi connectivity index (χ0n) is 9.47. The molecule has 0 saturated carbocycles. The van der Waals surface area contributed by atoms with Crippen LogP contribution in [-0.2, 0) is 13.6 Å². The second-order valence-electron chi connectivity index (χ2n) is 4.14. The minimum Gasteiger partial charge on any atom is -0.341 e. The molecule has 0 spiro atoms. The van der Waals surface area contributed by atoms with E-state index in [0.717, 1.165) is 11.6 Å². The van der Waals surface area contributed by atoms with Crippen molar-refractivity contribution in [1.82, 2.24) is 14.1 Å². The first kappa shape index (κ1) is 10.4. The van der Waals surface area contributed by atoms with Crippen molar-refractivity contribution in [3.8, 4) is 0 Å². The first-order valence-electron chi connectivity index (χ1n) is 5.43. The van der Waals surface area contributed by atoms with Crippen molar-refractivity contribution >= 4 is 22.5 Å². The van der Waals surface area contributed by atoms with Crippen LogP contribution in [0.1, 0.15) is 5.69 Å². The Morgan fingerprint density at radius 2 is 2.18 bits per heavy atom. The van der Waals surface area contributed by atoms with E-state index in [0.29, 0.717) is 0 Å². The molecular formula is C13H12ClN3. The van der Waals surface area contributed by atoms with Crippen LogP contribution >= 0.6 is 11.6 Å². The lowest BCUT2D eigenvalue weighted by molar-refractivity contribution is 0.744. The number of fused-ring (bicyclic) bond motifs is 1. The average Bonchev–Trinajstić information content (AvgIpc) is 2.87. The summed E-state index contributed by atoms with van der Waals surface area (Å²) in [4.78, 5) is 4.12. The van der Waals surface area contributed by atoms with Crippen LogP contribution in [0, 0.1) is 0 Å². The molecule has 3 nitrogen and oxygen atoms in total. The Hall–Kier alpha value is -1.74. The van der Waals surface area contributed by atoms with Gasteiger partial charge in [0.1, 0.15) is 0 Å². The molecular weight excluding hydrogens is 234 g/mol. The van der Waals surface area contributed by atoms with Gasteiger partial charge in [0.2, 0.25) is 0 Å². The lowest BCUT2D eigenvalue weighted by Gasteiger charge is -2.06. The van der Waals surface area contributed by atoms with Gasteiger partial charge in [-0.15, -0.1) is 0 Å². The van der Waals surface area contributed by atoms with Gasteiger partial charge in [0.05, 0.1) is 18.6 Å². The lowest BCUT2D eigenvalue weighted by Crippen LogP contribution is -2.02. The summed E-state index contributed by atoms with van der Waals surface area (Å²) >= 11 is 5.97. The molecule has 0 aliphatic heterocycles. The van der Waals surface area contributed by atoms with Crippen LogP contribution in [0.2, 0.25) is 5.02 Å². The van der Waals surface area contributed by atoms with Crippen LogP contribution in [0.5, 0.6) is 0 Å². The van der Waals surface area contributed by atoms with Gasteiger partial charge in [0.15, 0.2) is 0 Å². The fourth-order valence-electron chi connectivity index (χ4n) is 2.02. The van der Waals surface area contributed by atoms with Crippen molar-refractivity contribution in [2.24, 2.45) is 7.05 Å². The van der Waals surface area contributed by atoms with E-state index in [1.165, 1.54) is 16.6 Å². The van der Waals surface area contributed by atoms with Crippen LogP contribution in [0.4, 0.5) is 0 Å². The van der Waals surface area contributed by atoms with E-state index in [1.54, 1.807) is 0 Å². The molecule has 0 amide bonds. The Balaban J connectivity index is 2.04. The molecule has 17 heavy (non-hydrogen) atoms. The van der Waals surface area contributed by atoms with Gasteiger partial charge >= 0.3 is 0 Å². The van der Waals surface area contributed by atoms with Gasteiger partial charge in [-0.3, -0.25) is 0 Å². The molecule has 4 heteroatoms. The zero-order valence-corrected chi connectivity index (χ0v) is 10.2. The highest BCUT2D eigenvalue weighted by Gasteiger charge is 2.04. The van der Waals surface area contributed by atoms with Crippen LogP contribution in [-0.4, -0.2) is 14.1 Å². The Bertz CT molecular complexity index is 666. The topological polar surface area (TPSA) is 22.8 Å². The summed E-state index contributed by atoms with van der Waals surface area (Å²) in [5.74, 6) is 0. The predicted octanol–water partition coefficient (Wildman–Crippen LogP) is 3.08. The van der Waals surface area contributed by atoms with Crippen LogP contribution in [0.15, 0.2) is 43.0 Å². The second-order valence-corrected chi connectivity index (χ2v) is 4.58. The maximum Gasteiger partial charge on any atom is 0.0946 e. The van der Waals surface area contributed by atoms with Crippen LogP contribution in [0.3, 0.4) is 0 Å². The molecule has 2 aromatic heterocycles. The molecule has 0 fully saturated rings. The van der Waals surface area contributed by atoms with Crippen molar-refractivity contribution in [1.29, 1.82) is 0 Å². The molecule has 0 N–H and O–H groups in total. The van der Waals surface area contributed by atoms with Gasteiger partial charge < -0.3 is 9.13 Å². The van der Waals surface area contributed by atoms with Crippen LogP contribution < -0.4 is 0 Å². The van der Waals surface area contributed by atoms with Crippen molar-refractivity contribution in [3.63, 3.8) is 0 Å². The van der Waals surface area contributed by atoms with Crippen molar-refractivity contribution in [2.75, 3.05) is 0 Å². The highest BCUT2D eigenvalue weighted by Crippen LogP contribution is 2.21. The minimum absolute atomic E-state index is 0.774. The molecule has 0 unspecified atom stereocenters. The van der Waals surface area contributed by atoms with E-state index >= 15 is 0 Å². The molecule has 0 aliphatic carbocycles. The molecule has 3 aromatic rings. The quantitative estimate of drug-likeness (QED) is 0.680.